The largest absolute Gasteiger partial charge is 0.478 e. The van der Waals surface area contributed by atoms with Crippen molar-refractivity contribution in [3.8, 4) is 11.5 Å². The normalized spacial score (nSPS) is 17.0. The second-order valence-corrected chi connectivity index (χ2v) is 6.09. The Morgan fingerprint density at radius 1 is 1.12 bits per heavy atom. The van der Waals surface area contributed by atoms with Gasteiger partial charge in [-0.25, -0.2) is 4.79 Å². The Morgan fingerprint density at radius 2 is 1.88 bits per heavy atom. The molecule has 1 fully saturated rings. The van der Waals surface area contributed by atoms with E-state index < -0.39 is 5.97 Å². The Hall–Kier alpha value is -3.15. The minimum atomic E-state index is -0.889. The van der Waals surface area contributed by atoms with E-state index in [9.17, 15) is 9.90 Å². The summed E-state index contributed by atoms with van der Waals surface area (Å²) in [6.45, 7) is 1.45. The van der Waals surface area contributed by atoms with Crippen molar-refractivity contribution in [2.24, 2.45) is 0 Å². The van der Waals surface area contributed by atoms with E-state index in [-0.39, 0.29) is 5.92 Å². The first-order chi connectivity index (χ1) is 12.2. The Bertz CT molecular complexity index is 892. The molecular formula is C19H17N3O3. The van der Waals surface area contributed by atoms with Gasteiger partial charge in [-0.05, 0) is 35.3 Å². The first-order valence-corrected chi connectivity index (χ1v) is 8.18. The molecule has 0 aliphatic carbocycles. The number of nitrogens with zero attached hydrogens (tertiary/aromatic N) is 3. The predicted octanol–water partition coefficient (Wildman–Crippen LogP) is 3.43. The minimum Gasteiger partial charge on any atom is -0.478 e. The van der Waals surface area contributed by atoms with Crippen LogP contribution in [0.1, 0.15) is 28.3 Å². The lowest BCUT2D eigenvalue weighted by atomic mass is 9.93. The standard InChI is InChI=1S/C19H17N3O3/c23-18(24)16-9-5-4-8-15(16)14-10-11-22(12-14)19-20-17(25-21-19)13-6-2-1-3-7-13/h1-9,14H,10-12H2,(H,23,24)/t14-/m0/s1. The van der Waals surface area contributed by atoms with Crippen LogP contribution < -0.4 is 4.90 Å². The number of aromatic nitrogens is 2. The topological polar surface area (TPSA) is 79.5 Å². The molecular weight excluding hydrogens is 318 g/mol. The molecule has 4 rings (SSSR count). The van der Waals surface area contributed by atoms with Gasteiger partial charge in [-0.2, -0.15) is 4.98 Å². The molecule has 0 bridgehead atoms. The molecule has 1 saturated heterocycles. The molecule has 1 aromatic heterocycles. The van der Waals surface area contributed by atoms with Crippen molar-refractivity contribution in [1.29, 1.82) is 0 Å². The Labute approximate surface area is 144 Å². The van der Waals surface area contributed by atoms with Crippen LogP contribution in [0, 0.1) is 0 Å². The molecule has 3 aromatic rings. The van der Waals surface area contributed by atoms with E-state index in [1.54, 1.807) is 12.1 Å². The molecule has 0 unspecified atom stereocenters. The minimum absolute atomic E-state index is 0.144. The molecule has 2 aromatic carbocycles. The lowest BCUT2D eigenvalue weighted by molar-refractivity contribution is 0.0695. The zero-order valence-electron chi connectivity index (χ0n) is 13.5. The third-order valence-electron chi connectivity index (χ3n) is 4.54. The Balaban J connectivity index is 1.54. The van der Waals surface area contributed by atoms with E-state index in [0.29, 0.717) is 23.9 Å². The highest BCUT2D eigenvalue weighted by atomic mass is 16.5. The molecule has 0 radical (unpaired) electrons. The van der Waals surface area contributed by atoms with Gasteiger partial charge in [-0.3, -0.25) is 0 Å². The summed E-state index contributed by atoms with van der Waals surface area (Å²) >= 11 is 0. The van der Waals surface area contributed by atoms with E-state index in [1.807, 2.05) is 47.4 Å². The number of carboxylic acid groups (broad SMARTS) is 1. The maximum atomic E-state index is 11.4. The highest BCUT2D eigenvalue weighted by Crippen LogP contribution is 2.32. The number of aromatic carboxylic acids is 1. The number of carbonyl (C=O) groups is 1. The zero-order valence-corrected chi connectivity index (χ0v) is 13.5. The first kappa shape index (κ1) is 15.4. The summed E-state index contributed by atoms with van der Waals surface area (Å²) in [5.41, 5.74) is 2.12. The van der Waals surface area contributed by atoms with Crippen LogP contribution in [0.25, 0.3) is 11.5 Å². The number of carboxylic acids is 1. The van der Waals surface area contributed by atoms with Gasteiger partial charge in [0.1, 0.15) is 0 Å². The molecule has 6 heteroatoms. The van der Waals surface area contributed by atoms with Gasteiger partial charge in [0.2, 0.25) is 0 Å². The molecule has 0 amide bonds. The smallest absolute Gasteiger partial charge is 0.335 e. The lowest BCUT2D eigenvalue weighted by Gasteiger charge is -2.15. The van der Waals surface area contributed by atoms with Crippen LogP contribution in [0.5, 0.6) is 0 Å². The predicted molar refractivity (Wildman–Crippen MR) is 92.7 cm³/mol. The molecule has 0 saturated carbocycles. The molecule has 6 nitrogen and oxygen atoms in total. The van der Waals surface area contributed by atoms with Crippen LogP contribution >= 0.6 is 0 Å². The van der Waals surface area contributed by atoms with Crippen molar-refractivity contribution in [1.82, 2.24) is 10.1 Å². The monoisotopic (exact) mass is 335 g/mol. The quantitative estimate of drug-likeness (QED) is 0.787. The summed E-state index contributed by atoms with van der Waals surface area (Å²) in [6.07, 6.45) is 0.861. The van der Waals surface area contributed by atoms with Gasteiger partial charge in [0, 0.05) is 24.6 Å². The summed E-state index contributed by atoms with van der Waals surface area (Å²) in [6, 6.07) is 16.8. The molecule has 25 heavy (non-hydrogen) atoms. The summed E-state index contributed by atoms with van der Waals surface area (Å²) in [5, 5.41) is 13.5. The molecule has 2 heterocycles. The van der Waals surface area contributed by atoms with Gasteiger partial charge in [0.15, 0.2) is 0 Å². The number of rotatable bonds is 4. The van der Waals surface area contributed by atoms with E-state index in [4.69, 9.17) is 4.52 Å². The van der Waals surface area contributed by atoms with Crippen LogP contribution in [-0.4, -0.2) is 34.3 Å². The van der Waals surface area contributed by atoms with Crippen LogP contribution in [0.2, 0.25) is 0 Å². The van der Waals surface area contributed by atoms with Crippen molar-refractivity contribution in [2.75, 3.05) is 18.0 Å². The van der Waals surface area contributed by atoms with Gasteiger partial charge in [-0.15, -0.1) is 0 Å². The molecule has 1 aliphatic heterocycles. The average molecular weight is 335 g/mol. The maximum absolute atomic E-state index is 11.4. The van der Waals surface area contributed by atoms with Gasteiger partial charge in [-0.1, -0.05) is 36.4 Å². The van der Waals surface area contributed by atoms with E-state index in [1.165, 1.54) is 0 Å². The second kappa shape index (κ2) is 6.39. The number of anilines is 1. The molecule has 126 valence electrons. The van der Waals surface area contributed by atoms with Crippen molar-refractivity contribution >= 4 is 11.9 Å². The van der Waals surface area contributed by atoms with Gasteiger partial charge < -0.3 is 14.5 Å². The van der Waals surface area contributed by atoms with Crippen LogP contribution in [0.4, 0.5) is 5.95 Å². The molecule has 1 N–H and O–H groups in total. The van der Waals surface area contributed by atoms with E-state index in [0.717, 1.165) is 24.1 Å². The van der Waals surface area contributed by atoms with Crippen LogP contribution in [-0.2, 0) is 0 Å². The maximum Gasteiger partial charge on any atom is 0.335 e. The van der Waals surface area contributed by atoms with E-state index >= 15 is 0 Å². The summed E-state index contributed by atoms with van der Waals surface area (Å²) in [7, 11) is 0. The highest BCUT2D eigenvalue weighted by molar-refractivity contribution is 5.89. The fraction of sp³-hybridized carbons (Fsp3) is 0.211. The summed E-state index contributed by atoms with van der Waals surface area (Å²) in [4.78, 5) is 18.0. The SMILES string of the molecule is O=C(O)c1ccccc1[C@H]1CCN(c2noc(-c3ccccc3)n2)C1. The van der Waals surface area contributed by atoms with Crippen LogP contribution in [0.3, 0.4) is 0 Å². The zero-order chi connectivity index (χ0) is 17.2. The van der Waals surface area contributed by atoms with Crippen molar-refractivity contribution in [2.45, 2.75) is 12.3 Å². The number of hydrogen-bond acceptors (Lipinski definition) is 5. The third-order valence-corrected chi connectivity index (χ3v) is 4.54. The third kappa shape index (κ3) is 2.98. The fourth-order valence-corrected chi connectivity index (χ4v) is 3.29. The van der Waals surface area contributed by atoms with E-state index in [2.05, 4.69) is 10.1 Å². The summed E-state index contributed by atoms with van der Waals surface area (Å²) < 4.78 is 5.37. The van der Waals surface area contributed by atoms with Crippen molar-refractivity contribution in [3.05, 3.63) is 65.7 Å². The van der Waals surface area contributed by atoms with Crippen LogP contribution in [0.15, 0.2) is 59.1 Å². The van der Waals surface area contributed by atoms with Gasteiger partial charge in [0.25, 0.3) is 11.8 Å². The average Bonchev–Trinajstić information content (AvgIpc) is 3.32. The fourth-order valence-electron chi connectivity index (χ4n) is 3.29. The Morgan fingerprint density at radius 3 is 2.68 bits per heavy atom. The second-order valence-electron chi connectivity index (χ2n) is 6.09. The van der Waals surface area contributed by atoms with Gasteiger partial charge >= 0.3 is 5.97 Å². The summed E-state index contributed by atoms with van der Waals surface area (Å²) in [5.74, 6) is 0.296. The van der Waals surface area contributed by atoms with Crippen molar-refractivity contribution in [3.63, 3.8) is 0 Å². The molecule has 1 atom stereocenters. The number of benzene rings is 2. The lowest BCUT2D eigenvalue weighted by Crippen LogP contribution is -2.21. The number of hydrogen-bond donors (Lipinski definition) is 1. The molecule has 0 spiro atoms. The van der Waals surface area contributed by atoms with Gasteiger partial charge in [0.05, 0.1) is 5.56 Å². The van der Waals surface area contributed by atoms with Crippen molar-refractivity contribution < 1.29 is 14.4 Å². The Kier molecular flexibility index (Phi) is 3.93. The first-order valence-electron chi connectivity index (χ1n) is 8.18. The molecule has 1 aliphatic rings. The highest BCUT2D eigenvalue weighted by Gasteiger charge is 2.29.